The second-order valence-corrected chi connectivity index (χ2v) is 5.71. The van der Waals surface area contributed by atoms with E-state index < -0.39 is 0 Å². The van der Waals surface area contributed by atoms with Gasteiger partial charge in [0.1, 0.15) is 13.2 Å². The highest BCUT2D eigenvalue weighted by Gasteiger charge is 2.22. The Morgan fingerprint density at radius 1 is 1.05 bits per heavy atom. The minimum absolute atomic E-state index is 0.584. The Kier molecular flexibility index (Phi) is 3.35. The zero-order valence-electron chi connectivity index (χ0n) is 12.0. The molecule has 2 heterocycles. The Labute approximate surface area is 134 Å². The fourth-order valence-electron chi connectivity index (χ4n) is 2.86. The van der Waals surface area contributed by atoms with E-state index in [2.05, 4.69) is 28.4 Å². The standard InChI is InChI=1S/C17H16N2O2S/c22-17(19-8-7-12-3-1-2-4-14(12)19)18-13-5-6-15-16(11-13)21-10-9-20-15/h1-6,11H,7-10H2,(H,18,22). The third kappa shape index (κ3) is 2.37. The molecule has 2 aliphatic heterocycles. The van der Waals surface area contributed by atoms with Gasteiger partial charge in [0.2, 0.25) is 0 Å². The molecule has 0 unspecified atom stereocenters. The van der Waals surface area contributed by atoms with E-state index in [1.165, 1.54) is 11.3 Å². The zero-order chi connectivity index (χ0) is 14.9. The highest BCUT2D eigenvalue weighted by molar-refractivity contribution is 7.80. The molecule has 2 aromatic rings. The molecule has 0 aromatic heterocycles. The van der Waals surface area contributed by atoms with Crippen molar-refractivity contribution in [1.82, 2.24) is 0 Å². The smallest absolute Gasteiger partial charge is 0.177 e. The number of anilines is 2. The number of hydrogen-bond donors (Lipinski definition) is 1. The van der Waals surface area contributed by atoms with Gasteiger partial charge >= 0.3 is 0 Å². The van der Waals surface area contributed by atoms with E-state index >= 15 is 0 Å². The van der Waals surface area contributed by atoms with Gasteiger partial charge in [0, 0.05) is 24.0 Å². The third-order valence-corrected chi connectivity index (χ3v) is 4.25. The molecule has 2 aliphatic rings. The maximum absolute atomic E-state index is 5.61. The van der Waals surface area contributed by atoms with Gasteiger partial charge in [0.15, 0.2) is 16.6 Å². The highest BCUT2D eigenvalue weighted by atomic mass is 32.1. The predicted molar refractivity (Wildman–Crippen MR) is 91.1 cm³/mol. The minimum atomic E-state index is 0.584. The number of fused-ring (bicyclic) bond motifs is 2. The quantitative estimate of drug-likeness (QED) is 0.818. The van der Waals surface area contributed by atoms with Crippen LogP contribution in [0.3, 0.4) is 0 Å². The first-order chi connectivity index (χ1) is 10.8. The first-order valence-electron chi connectivity index (χ1n) is 7.37. The molecule has 0 radical (unpaired) electrons. The fourth-order valence-corrected chi connectivity index (χ4v) is 3.17. The molecule has 1 N–H and O–H groups in total. The first-order valence-corrected chi connectivity index (χ1v) is 7.78. The molecule has 0 bridgehead atoms. The second kappa shape index (κ2) is 5.50. The van der Waals surface area contributed by atoms with Crippen molar-refractivity contribution < 1.29 is 9.47 Å². The topological polar surface area (TPSA) is 33.7 Å². The van der Waals surface area contributed by atoms with Crippen LogP contribution in [0.5, 0.6) is 11.5 Å². The van der Waals surface area contributed by atoms with Gasteiger partial charge in [-0.25, -0.2) is 0 Å². The summed E-state index contributed by atoms with van der Waals surface area (Å²) in [5, 5.41) is 4.01. The minimum Gasteiger partial charge on any atom is -0.486 e. The van der Waals surface area contributed by atoms with Crippen LogP contribution in [0.25, 0.3) is 0 Å². The Morgan fingerprint density at radius 2 is 1.86 bits per heavy atom. The van der Waals surface area contributed by atoms with Gasteiger partial charge in [-0.1, -0.05) is 18.2 Å². The van der Waals surface area contributed by atoms with Crippen LogP contribution >= 0.6 is 12.2 Å². The average molecular weight is 312 g/mol. The van der Waals surface area contributed by atoms with E-state index in [0.29, 0.717) is 18.3 Å². The molecule has 4 nitrogen and oxygen atoms in total. The van der Waals surface area contributed by atoms with Crippen molar-refractivity contribution in [3.8, 4) is 11.5 Å². The number of ether oxygens (including phenoxy) is 2. The van der Waals surface area contributed by atoms with Crippen LogP contribution in [0.2, 0.25) is 0 Å². The summed E-state index contributed by atoms with van der Waals surface area (Å²) in [6.07, 6.45) is 1.03. The molecule has 0 saturated heterocycles. The van der Waals surface area contributed by atoms with E-state index in [1.54, 1.807) is 0 Å². The summed E-state index contributed by atoms with van der Waals surface area (Å²) in [5.41, 5.74) is 3.45. The maximum Gasteiger partial charge on any atom is 0.177 e. The summed E-state index contributed by atoms with van der Waals surface area (Å²) < 4.78 is 11.1. The summed E-state index contributed by atoms with van der Waals surface area (Å²) in [4.78, 5) is 2.14. The van der Waals surface area contributed by atoms with Crippen LogP contribution in [0.15, 0.2) is 42.5 Å². The van der Waals surface area contributed by atoms with Gasteiger partial charge in [-0.2, -0.15) is 0 Å². The summed E-state index contributed by atoms with van der Waals surface area (Å²) in [6, 6.07) is 14.2. The van der Waals surface area contributed by atoms with Crippen molar-refractivity contribution in [2.45, 2.75) is 6.42 Å². The molecule has 0 fully saturated rings. The van der Waals surface area contributed by atoms with Gasteiger partial charge in [-0.05, 0) is 42.4 Å². The van der Waals surface area contributed by atoms with Crippen molar-refractivity contribution >= 4 is 28.7 Å². The van der Waals surface area contributed by atoms with Gasteiger partial charge in [0.05, 0.1) is 0 Å². The lowest BCUT2D eigenvalue weighted by Crippen LogP contribution is -2.33. The lowest BCUT2D eigenvalue weighted by molar-refractivity contribution is 0.171. The van der Waals surface area contributed by atoms with Gasteiger partial charge in [0.25, 0.3) is 0 Å². The van der Waals surface area contributed by atoms with Crippen molar-refractivity contribution in [1.29, 1.82) is 0 Å². The number of para-hydroxylation sites is 1. The molecule has 0 spiro atoms. The van der Waals surface area contributed by atoms with Crippen molar-refractivity contribution in [2.75, 3.05) is 30.0 Å². The number of thiocarbonyl (C=S) groups is 1. The zero-order valence-corrected chi connectivity index (χ0v) is 12.9. The Morgan fingerprint density at radius 3 is 2.77 bits per heavy atom. The number of nitrogens with zero attached hydrogens (tertiary/aromatic N) is 1. The van der Waals surface area contributed by atoms with Crippen molar-refractivity contribution in [3.63, 3.8) is 0 Å². The lowest BCUT2D eigenvalue weighted by Gasteiger charge is -2.23. The molecule has 4 rings (SSSR count). The fraction of sp³-hybridized carbons (Fsp3) is 0.235. The monoisotopic (exact) mass is 312 g/mol. The van der Waals surface area contributed by atoms with E-state index in [-0.39, 0.29) is 0 Å². The number of rotatable bonds is 1. The molecule has 0 atom stereocenters. The second-order valence-electron chi connectivity index (χ2n) is 5.32. The van der Waals surface area contributed by atoms with Crippen LogP contribution in [0, 0.1) is 0 Å². The molecular weight excluding hydrogens is 296 g/mol. The van der Waals surface area contributed by atoms with Crippen LogP contribution in [-0.4, -0.2) is 24.9 Å². The van der Waals surface area contributed by atoms with E-state index in [9.17, 15) is 0 Å². The molecular formula is C17H16N2O2S. The Hall–Kier alpha value is -2.27. The van der Waals surface area contributed by atoms with Gasteiger partial charge in [-0.15, -0.1) is 0 Å². The van der Waals surface area contributed by atoms with Crippen molar-refractivity contribution in [3.05, 3.63) is 48.0 Å². The first kappa shape index (κ1) is 13.4. The van der Waals surface area contributed by atoms with Crippen LogP contribution in [0.4, 0.5) is 11.4 Å². The molecule has 0 aliphatic carbocycles. The van der Waals surface area contributed by atoms with E-state index in [1.807, 2.05) is 24.3 Å². The summed E-state index contributed by atoms with van der Waals surface area (Å²) in [6.45, 7) is 2.10. The molecule has 22 heavy (non-hydrogen) atoms. The SMILES string of the molecule is S=C(Nc1ccc2c(c1)OCCO2)N1CCc2ccccc21. The van der Waals surface area contributed by atoms with Gasteiger partial charge in [-0.3, -0.25) is 0 Å². The maximum atomic E-state index is 5.61. The molecule has 0 amide bonds. The number of hydrogen-bond acceptors (Lipinski definition) is 3. The molecule has 5 heteroatoms. The normalized spacial score (nSPS) is 15.4. The Balaban J connectivity index is 1.53. The molecule has 0 saturated carbocycles. The number of benzene rings is 2. The summed E-state index contributed by atoms with van der Waals surface area (Å²) in [7, 11) is 0. The largest absolute Gasteiger partial charge is 0.486 e. The lowest BCUT2D eigenvalue weighted by atomic mass is 10.2. The summed E-state index contributed by atoms with van der Waals surface area (Å²) >= 11 is 5.57. The van der Waals surface area contributed by atoms with Crippen LogP contribution in [-0.2, 0) is 6.42 Å². The average Bonchev–Trinajstić information content (AvgIpc) is 2.99. The van der Waals surface area contributed by atoms with Crippen LogP contribution < -0.4 is 19.7 Å². The third-order valence-electron chi connectivity index (χ3n) is 3.93. The van der Waals surface area contributed by atoms with Gasteiger partial charge < -0.3 is 19.7 Å². The number of nitrogens with one attached hydrogen (secondary N) is 1. The molecule has 112 valence electrons. The van der Waals surface area contributed by atoms with Crippen molar-refractivity contribution in [2.24, 2.45) is 0 Å². The van der Waals surface area contributed by atoms with Crippen LogP contribution in [0.1, 0.15) is 5.56 Å². The predicted octanol–water partition coefficient (Wildman–Crippen LogP) is 3.22. The van der Waals surface area contributed by atoms with E-state index in [0.717, 1.165) is 30.2 Å². The van der Waals surface area contributed by atoms with E-state index in [4.69, 9.17) is 21.7 Å². The summed E-state index contributed by atoms with van der Waals surface area (Å²) in [5.74, 6) is 1.55. The highest BCUT2D eigenvalue weighted by Crippen LogP contribution is 2.33. The Bertz CT molecular complexity index is 732. The molecule has 2 aromatic carbocycles.